The Morgan fingerprint density at radius 1 is 1.11 bits per heavy atom. The average Bonchev–Trinajstić information content (AvgIpc) is 2.88. The summed E-state index contributed by atoms with van der Waals surface area (Å²) in [5.41, 5.74) is 3.94. The predicted octanol–water partition coefficient (Wildman–Crippen LogP) is 3.64. The zero-order valence-corrected chi connectivity index (χ0v) is 10.6. The molecule has 18 heavy (non-hydrogen) atoms. The first-order valence-electron chi connectivity index (χ1n) is 6.45. The quantitative estimate of drug-likeness (QED) is 0.882. The molecule has 2 nitrogen and oxygen atoms in total. The van der Waals surface area contributed by atoms with Crippen molar-refractivity contribution in [1.29, 1.82) is 0 Å². The largest absolute Gasteiger partial charge is 0.457 e. The third-order valence-electron chi connectivity index (χ3n) is 3.38. The van der Waals surface area contributed by atoms with Crippen molar-refractivity contribution in [2.24, 2.45) is 0 Å². The lowest BCUT2D eigenvalue weighted by Gasteiger charge is -2.10. The van der Waals surface area contributed by atoms with Crippen molar-refractivity contribution >= 4 is 0 Å². The molecule has 0 amide bonds. The van der Waals surface area contributed by atoms with E-state index < -0.39 is 0 Å². The Hall–Kier alpha value is -1.80. The van der Waals surface area contributed by atoms with Crippen LogP contribution in [0.1, 0.15) is 23.6 Å². The predicted molar refractivity (Wildman–Crippen MR) is 72.9 cm³/mol. The van der Waals surface area contributed by atoms with Gasteiger partial charge in [-0.15, -0.1) is 0 Å². The van der Waals surface area contributed by atoms with E-state index in [4.69, 9.17) is 4.74 Å². The molecule has 0 saturated heterocycles. The van der Waals surface area contributed by atoms with Gasteiger partial charge in [-0.2, -0.15) is 0 Å². The number of rotatable bonds is 3. The Bertz CT molecular complexity index is 563. The van der Waals surface area contributed by atoms with Crippen molar-refractivity contribution < 1.29 is 4.74 Å². The van der Waals surface area contributed by atoms with E-state index in [1.54, 1.807) is 0 Å². The van der Waals surface area contributed by atoms with Gasteiger partial charge in [-0.1, -0.05) is 31.2 Å². The summed E-state index contributed by atoms with van der Waals surface area (Å²) in [7, 11) is 0. The summed E-state index contributed by atoms with van der Waals surface area (Å²) in [6, 6.07) is 14.6. The smallest absolute Gasteiger partial charge is 0.132 e. The fourth-order valence-electron chi connectivity index (χ4n) is 2.35. The minimum atomic E-state index is 0.902. The summed E-state index contributed by atoms with van der Waals surface area (Å²) in [6.07, 6.45) is 1.03. The number of benzene rings is 2. The molecule has 2 aromatic carbocycles. The molecule has 2 heteroatoms. The Morgan fingerprint density at radius 3 is 2.89 bits per heavy atom. The number of ether oxygens (including phenoxy) is 1. The van der Waals surface area contributed by atoms with Gasteiger partial charge in [-0.05, 0) is 35.7 Å². The van der Waals surface area contributed by atoms with Gasteiger partial charge in [-0.25, -0.2) is 0 Å². The summed E-state index contributed by atoms with van der Waals surface area (Å²) in [4.78, 5) is 0. The molecule has 1 aliphatic rings. The van der Waals surface area contributed by atoms with Crippen LogP contribution in [-0.4, -0.2) is 0 Å². The average molecular weight is 239 g/mol. The van der Waals surface area contributed by atoms with Gasteiger partial charge in [0.05, 0.1) is 0 Å². The fourth-order valence-corrected chi connectivity index (χ4v) is 2.35. The van der Waals surface area contributed by atoms with Crippen LogP contribution in [0.15, 0.2) is 42.5 Å². The molecule has 0 spiro atoms. The highest BCUT2D eigenvalue weighted by atomic mass is 16.5. The molecular formula is C16H17NO. The van der Waals surface area contributed by atoms with Gasteiger partial charge in [0.25, 0.3) is 0 Å². The summed E-state index contributed by atoms with van der Waals surface area (Å²) >= 11 is 0. The van der Waals surface area contributed by atoms with Crippen LogP contribution in [0.5, 0.6) is 11.5 Å². The van der Waals surface area contributed by atoms with Gasteiger partial charge in [-0.3, -0.25) is 0 Å². The lowest BCUT2D eigenvalue weighted by molar-refractivity contribution is 0.475. The fraction of sp³-hybridized carbons (Fsp3) is 0.250. The number of hydrogen-bond acceptors (Lipinski definition) is 2. The molecule has 0 fully saturated rings. The third-order valence-corrected chi connectivity index (χ3v) is 3.38. The second-order valence-corrected chi connectivity index (χ2v) is 4.60. The Kier molecular flexibility index (Phi) is 3.03. The van der Waals surface area contributed by atoms with Crippen LogP contribution < -0.4 is 10.1 Å². The van der Waals surface area contributed by atoms with Crippen LogP contribution in [0.2, 0.25) is 0 Å². The standard InChI is InChI=1S/C16H17NO/c1-2-12-5-3-7-14(9-12)18-16-8-4-6-13-10-17-11-15(13)16/h3-9,17H,2,10-11H2,1H3. The van der Waals surface area contributed by atoms with Gasteiger partial charge in [0, 0.05) is 18.7 Å². The minimum Gasteiger partial charge on any atom is -0.457 e. The molecule has 2 aromatic rings. The molecular weight excluding hydrogens is 222 g/mol. The highest BCUT2D eigenvalue weighted by Crippen LogP contribution is 2.30. The maximum Gasteiger partial charge on any atom is 0.132 e. The summed E-state index contributed by atoms with van der Waals surface area (Å²) in [6.45, 7) is 4.00. The zero-order valence-electron chi connectivity index (χ0n) is 10.6. The summed E-state index contributed by atoms with van der Waals surface area (Å²) in [5, 5.41) is 3.36. The first-order chi connectivity index (χ1) is 8.86. The summed E-state index contributed by atoms with van der Waals surface area (Å²) < 4.78 is 6.02. The van der Waals surface area contributed by atoms with Gasteiger partial charge in [0.2, 0.25) is 0 Å². The van der Waals surface area contributed by atoms with Gasteiger partial charge in [0.1, 0.15) is 11.5 Å². The topological polar surface area (TPSA) is 21.3 Å². The van der Waals surface area contributed by atoms with Crippen LogP contribution in [0, 0.1) is 0 Å². The lowest BCUT2D eigenvalue weighted by atomic mass is 10.1. The number of fused-ring (bicyclic) bond motifs is 1. The molecule has 3 rings (SSSR count). The van der Waals surface area contributed by atoms with Crippen molar-refractivity contribution in [1.82, 2.24) is 5.32 Å². The van der Waals surface area contributed by atoms with E-state index in [9.17, 15) is 0 Å². The van der Waals surface area contributed by atoms with E-state index >= 15 is 0 Å². The summed E-state index contributed by atoms with van der Waals surface area (Å²) in [5.74, 6) is 1.90. The van der Waals surface area contributed by atoms with E-state index in [1.165, 1.54) is 16.7 Å². The molecule has 0 atom stereocenters. The van der Waals surface area contributed by atoms with Crippen molar-refractivity contribution in [3.8, 4) is 11.5 Å². The maximum atomic E-state index is 6.02. The SMILES string of the molecule is CCc1cccc(Oc2cccc3c2CNC3)c1. The maximum absolute atomic E-state index is 6.02. The van der Waals surface area contributed by atoms with Crippen LogP contribution in [0.25, 0.3) is 0 Å². The van der Waals surface area contributed by atoms with Crippen molar-refractivity contribution in [2.45, 2.75) is 26.4 Å². The zero-order chi connectivity index (χ0) is 12.4. The lowest BCUT2D eigenvalue weighted by Crippen LogP contribution is -2.00. The van der Waals surface area contributed by atoms with Crippen LogP contribution >= 0.6 is 0 Å². The number of hydrogen-bond donors (Lipinski definition) is 1. The highest BCUT2D eigenvalue weighted by Gasteiger charge is 2.15. The molecule has 1 heterocycles. The van der Waals surface area contributed by atoms with Crippen LogP contribution in [-0.2, 0) is 19.5 Å². The minimum absolute atomic E-state index is 0.902. The first-order valence-corrected chi connectivity index (χ1v) is 6.45. The van der Waals surface area contributed by atoms with E-state index in [-0.39, 0.29) is 0 Å². The molecule has 1 aliphatic heterocycles. The first kappa shape index (κ1) is 11.3. The molecule has 92 valence electrons. The molecule has 1 N–H and O–H groups in total. The van der Waals surface area contributed by atoms with E-state index in [0.717, 1.165) is 31.0 Å². The van der Waals surface area contributed by atoms with Crippen LogP contribution in [0.4, 0.5) is 0 Å². The Labute approximate surface area is 108 Å². The second kappa shape index (κ2) is 4.83. The van der Waals surface area contributed by atoms with Gasteiger partial charge < -0.3 is 10.1 Å². The molecule has 0 aromatic heterocycles. The van der Waals surface area contributed by atoms with Crippen molar-refractivity contribution in [3.05, 3.63) is 59.2 Å². The van der Waals surface area contributed by atoms with E-state index in [0.29, 0.717) is 0 Å². The van der Waals surface area contributed by atoms with Crippen molar-refractivity contribution in [2.75, 3.05) is 0 Å². The molecule has 0 bridgehead atoms. The molecule has 0 saturated carbocycles. The Morgan fingerprint density at radius 2 is 2.00 bits per heavy atom. The number of aryl methyl sites for hydroxylation is 1. The van der Waals surface area contributed by atoms with E-state index in [1.807, 2.05) is 12.1 Å². The Balaban J connectivity index is 1.90. The monoisotopic (exact) mass is 239 g/mol. The van der Waals surface area contributed by atoms with Gasteiger partial charge >= 0.3 is 0 Å². The molecule has 0 unspecified atom stereocenters. The normalized spacial score (nSPS) is 13.4. The molecule has 0 radical (unpaired) electrons. The van der Waals surface area contributed by atoms with Gasteiger partial charge in [0.15, 0.2) is 0 Å². The third kappa shape index (κ3) is 2.12. The molecule has 0 aliphatic carbocycles. The van der Waals surface area contributed by atoms with E-state index in [2.05, 4.69) is 42.6 Å². The highest BCUT2D eigenvalue weighted by molar-refractivity contribution is 5.45. The van der Waals surface area contributed by atoms with Crippen LogP contribution in [0.3, 0.4) is 0 Å². The second-order valence-electron chi connectivity index (χ2n) is 4.60. The van der Waals surface area contributed by atoms with Crippen molar-refractivity contribution in [3.63, 3.8) is 0 Å². The number of nitrogens with one attached hydrogen (secondary N) is 1.